The Morgan fingerprint density at radius 3 is 2.47 bits per heavy atom. The third-order valence-corrected chi connectivity index (χ3v) is 5.35. The lowest BCUT2D eigenvalue weighted by Gasteiger charge is -2.33. The van der Waals surface area contributed by atoms with E-state index in [0.717, 1.165) is 6.07 Å². The molecule has 0 spiro atoms. The highest BCUT2D eigenvalue weighted by molar-refractivity contribution is 5.90. The van der Waals surface area contributed by atoms with Gasteiger partial charge in [0, 0.05) is 43.9 Å². The Morgan fingerprint density at radius 1 is 1.10 bits per heavy atom. The second kappa shape index (κ2) is 8.13. The number of nitrogens with zero attached hydrogens (tertiary/aromatic N) is 5. The van der Waals surface area contributed by atoms with Gasteiger partial charge in [-0.15, -0.1) is 0 Å². The average Bonchev–Trinajstić information content (AvgIpc) is 3.23. The van der Waals surface area contributed by atoms with Crippen LogP contribution < -0.4 is 10.6 Å². The Balaban J connectivity index is 1.43. The number of hydrogen-bond donors (Lipinski definition) is 1. The van der Waals surface area contributed by atoms with E-state index in [9.17, 15) is 18.4 Å². The van der Waals surface area contributed by atoms with E-state index in [-0.39, 0.29) is 17.5 Å². The summed E-state index contributed by atoms with van der Waals surface area (Å²) in [5.74, 6) is -2.06. The van der Waals surface area contributed by atoms with Gasteiger partial charge in [-0.2, -0.15) is 5.10 Å². The maximum atomic E-state index is 13.6. The van der Waals surface area contributed by atoms with Gasteiger partial charge >= 0.3 is 0 Å². The molecular weight excluding hydrogens is 394 g/mol. The molecule has 1 fully saturated rings. The van der Waals surface area contributed by atoms with Crippen LogP contribution in [-0.2, 0) is 4.79 Å². The Morgan fingerprint density at radius 2 is 1.80 bits per heavy atom. The quantitative estimate of drug-likeness (QED) is 0.824. The lowest BCUT2D eigenvalue weighted by atomic mass is 9.94. The molecular formula is C20H20F2N6O2. The first-order valence-electron chi connectivity index (χ1n) is 9.61. The minimum atomic E-state index is -0.684. The van der Waals surface area contributed by atoms with Gasteiger partial charge in [0.05, 0.1) is 6.04 Å². The number of hydrogen-bond acceptors (Lipinski definition) is 6. The van der Waals surface area contributed by atoms with Crippen molar-refractivity contribution >= 4 is 24.0 Å². The van der Waals surface area contributed by atoms with E-state index in [4.69, 9.17) is 5.73 Å². The van der Waals surface area contributed by atoms with E-state index in [2.05, 4.69) is 15.1 Å². The Bertz CT molecular complexity index is 986. The Kier molecular flexibility index (Phi) is 5.39. The van der Waals surface area contributed by atoms with Crippen LogP contribution in [0.5, 0.6) is 0 Å². The maximum Gasteiger partial charge on any atom is 0.267 e. The summed E-state index contributed by atoms with van der Waals surface area (Å²) in [4.78, 5) is 34.6. The summed E-state index contributed by atoms with van der Waals surface area (Å²) in [6, 6.07) is 4.19. The van der Waals surface area contributed by atoms with Crippen LogP contribution >= 0.6 is 0 Å². The van der Waals surface area contributed by atoms with E-state index < -0.39 is 23.6 Å². The highest BCUT2D eigenvalue weighted by Crippen LogP contribution is 2.32. The van der Waals surface area contributed by atoms with Crippen molar-refractivity contribution in [3.8, 4) is 0 Å². The van der Waals surface area contributed by atoms with Crippen LogP contribution in [0.3, 0.4) is 0 Å². The summed E-state index contributed by atoms with van der Waals surface area (Å²) in [6.07, 6.45) is 4.55. The summed E-state index contributed by atoms with van der Waals surface area (Å²) in [6.45, 7) is 1.05. The number of amides is 2. The van der Waals surface area contributed by atoms with Crippen molar-refractivity contribution < 1.29 is 18.4 Å². The number of hydrazone groups is 1. The molecule has 2 aliphatic rings. The van der Waals surface area contributed by atoms with Crippen LogP contribution in [0.1, 0.15) is 41.4 Å². The highest BCUT2D eigenvalue weighted by atomic mass is 19.1. The van der Waals surface area contributed by atoms with Crippen molar-refractivity contribution in [2.75, 3.05) is 18.0 Å². The molecule has 0 unspecified atom stereocenters. The van der Waals surface area contributed by atoms with Gasteiger partial charge in [0.15, 0.2) is 0 Å². The fraction of sp³-hybridized carbons (Fsp3) is 0.350. The number of anilines is 1. The standard InChI is InChI=1S/C20H20F2N6O2/c21-14-9-13(10-15(22)11-14)17-2-6-25-28(17)19(30)12-3-7-27(8-4-12)20-24-5-1-16(26-20)18(23)29/h1,5-6,9-12,17H,2-4,7-8H2,(H2,23,29)/t17-/m0/s1. The van der Waals surface area contributed by atoms with Crippen molar-refractivity contribution in [3.63, 3.8) is 0 Å². The lowest BCUT2D eigenvalue weighted by molar-refractivity contribution is -0.138. The van der Waals surface area contributed by atoms with Gasteiger partial charge in [0.2, 0.25) is 11.9 Å². The monoisotopic (exact) mass is 414 g/mol. The average molecular weight is 414 g/mol. The third-order valence-electron chi connectivity index (χ3n) is 5.35. The molecule has 1 aromatic carbocycles. The number of piperidine rings is 1. The van der Waals surface area contributed by atoms with Gasteiger partial charge in [-0.1, -0.05) is 0 Å². The summed E-state index contributed by atoms with van der Waals surface area (Å²) < 4.78 is 27.2. The molecule has 0 bridgehead atoms. The van der Waals surface area contributed by atoms with Crippen molar-refractivity contribution in [1.29, 1.82) is 0 Å². The van der Waals surface area contributed by atoms with Crippen molar-refractivity contribution in [3.05, 3.63) is 53.4 Å². The molecule has 30 heavy (non-hydrogen) atoms. The molecule has 2 N–H and O–H groups in total. The number of primary amides is 1. The first-order chi connectivity index (χ1) is 14.4. The maximum absolute atomic E-state index is 13.6. The van der Waals surface area contributed by atoms with Crippen LogP contribution in [0.25, 0.3) is 0 Å². The zero-order valence-corrected chi connectivity index (χ0v) is 16.0. The molecule has 156 valence electrons. The SMILES string of the molecule is NC(=O)c1ccnc(N2CCC(C(=O)N3N=CC[C@H]3c3cc(F)cc(F)c3)CC2)n1. The topological polar surface area (TPSA) is 105 Å². The van der Waals surface area contributed by atoms with Crippen molar-refractivity contribution in [2.45, 2.75) is 25.3 Å². The molecule has 1 atom stereocenters. The van der Waals surface area contributed by atoms with Gasteiger partial charge in [0.25, 0.3) is 5.91 Å². The molecule has 0 saturated carbocycles. The summed E-state index contributed by atoms with van der Waals surface area (Å²) >= 11 is 0. The second-order valence-corrected chi connectivity index (χ2v) is 7.30. The van der Waals surface area contributed by atoms with Crippen LogP contribution in [0.4, 0.5) is 14.7 Å². The van der Waals surface area contributed by atoms with Gasteiger partial charge in [-0.3, -0.25) is 9.59 Å². The van der Waals surface area contributed by atoms with Gasteiger partial charge in [0.1, 0.15) is 17.3 Å². The van der Waals surface area contributed by atoms with Crippen molar-refractivity contribution in [2.24, 2.45) is 16.8 Å². The van der Waals surface area contributed by atoms with E-state index in [1.54, 1.807) is 6.21 Å². The van der Waals surface area contributed by atoms with Crippen LogP contribution in [-0.4, -0.2) is 46.1 Å². The fourth-order valence-electron chi connectivity index (χ4n) is 3.82. The molecule has 2 amide bonds. The van der Waals surface area contributed by atoms with E-state index >= 15 is 0 Å². The van der Waals surface area contributed by atoms with Gasteiger partial charge in [-0.05, 0) is 36.6 Å². The molecule has 0 aliphatic carbocycles. The predicted octanol–water partition coefficient (Wildman–Crippen LogP) is 2.03. The normalized spacial score (nSPS) is 19.3. The largest absolute Gasteiger partial charge is 0.364 e. The van der Waals surface area contributed by atoms with E-state index in [1.807, 2.05) is 4.90 Å². The molecule has 8 nitrogen and oxygen atoms in total. The molecule has 10 heteroatoms. The van der Waals surface area contributed by atoms with Crippen molar-refractivity contribution in [1.82, 2.24) is 15.0 Å². The van der Waals surface area contributed by atoms with Gasteiger partial charge in [-0.25, -0.2) is 23.8 Å². The molecule has 2 aliphatic heterocycles. The highest BCUT2D eigenvalue weighted by Gasteiger charge is 2.35. The zero-order valence-electron chi connectivity index (χ0n) is 16.0. The number of halogens is 2. The molecule has 0 radical (unpaired) electrons. The van der Waals surface area contributed by atoms with E-state index in [0.29, 0.717) is 43.9 Å². The Labute approximate surface area is 171 Å². The molecule has 4 rings (SSSR count). The van der Waals surface area contributed by atoms with Crippen LogP contribution in [0, 0.1) is 17.6 Å². The summed E-state index contributed by atoms with van der Waals surface area (Å²) in [7, 11) is 0. The predicted molar refractivity (Wildman–Crippen MR) is 105 cm³/mol. The Hall–Kier alpha value is -3.43. The zero-order chi connectivity index (χ0) is 21.3. The van der Waals surface area contributed by atoms with Gasteiger partial charge < -0.3 is 10.6 Å². The fourth-order valence-corrected chi connectivity index (χ4v) is 3.82. The number of carbonyl (C=O) groups excluding carboxylic acids is 2. The summed E-state index contributed by atoms with van der Waals surface area (Å²) in [5, 5.41) is 5.49. The smallest absolute Gasteiger partial charge is 0.267 e. The van der Waals surface area contributed by atoms with Crippen LogP contribution in [0.15, 0.2) is 35.6 Å². The first kappa shape index (κ1) is 19.9. The molecule has 3 heterocycles. The molecule has 1 saturated heterocycles. The number of benzene rings is 1. The number of aromatic nitrogens is 2. The molecule has 2 aromatic rings. The molecule has 1 aromatic heterocycles. The lowest BCUT2D eigenvalue weighted by Crippen LogP contribution is -2.41. The number of rotatable bonds is 4. The third kappa shape index (κ3) is 3.98. The second-order valence-electron chi connectivity index (χ2n) is 7.30. The number of nitrogens with two attached hydrogens (primary N) is 1. The summed E-state index contributed by atoms with van der Waals surface area (Å²) in [5.41, 5.74) is 5.78. The number of carbonyl (C=O) groups is 2. The minimum Gasteiger partial charge on any atom is -0.364 e. The first-order valence-corrected chi connectivity index (χ1v) is 9.61. The van der Waals surface area contributed by atoms with E-state index in [1.165, 1.54) is 29.4 Å². The minimum absolute atomic E-state index is 0.134. The van der Waals surface area contributed by atoms with Crippen LogP contribution in [0.2, 0.25) is 0 Å².